The molecule has 6 heteroatoms. The number of hydrogen-bond donors (Lipinski definition) is 1. The number of fused-ring (bicyclic) bond motifs is 1. The first-order valence-electron chi connectivity index (χ1n) is 8.28. The van der Waals surface area contributed by atoms with Crippen LogP contribution in [0.4, 0.5) is 4.39 Å². The monoisotopic (exact) mass is 373 g/mol. The summed E-state index contributed by atoms with van der Waals surface area (Å²) < 4.78 is 21.2. The van der Waals surface area contributed by atoms with Crippen molar-refractivity contribution < 1.29 is 18.5 Å². The summed E-state index contributed by atoms with van der Waals surface area (Å²) in [5, 5.41) is 9.89. The maximum absolute atomic E-state index is 13.7. The zero-order valence-electron chi connectivity index (χ0n) is 14.7. The van der Waals surface area contributed by atoms with Crippen LogP contribution in [-0.2, 0) is 17.8 Å². The summed E-state index contributed by atoms with van der Waals surface area (Å²) in [6.07, 6.45) is 2.31. The minimum atomic E-state index is -0.842. The van der Waals surface area contributed by atoms with Crippen LogP contribution in [0.5, 0.6) is 5.75 Å². The Balaban J connectivity index is 2.01. The second-order valence-corrected chi connectivity index (χ2v) is 6.61. The highest BCUT2D eigenvalue weighted by atomic mass is 32.2. The number of aryl methyl sites for hydroxylation is 1. The SMILES string of the molecule is CSOc1ccc(Cn2c(CCC(=O)O)c(C)c3cc(F)ccc32)cc1. The molecule has 3 rings (SSSR count). The van der Waals surface area contributed by atoms with Crippen LogP contribution in [0.3, 0.4) is 0 Å². The second-order valence-electron chi connectivity index (χ2n) is 6.11. The molecule has 0 saturated carbocycles. The van der Waals surface area contributed by atoms with E-state index in [-0.39, 0.29) is 12.2 Å². The van der Waals surface area contributed by atoms with Crippen LogP contribution in [0, 0.1) is 12.7 Å². The van der Waals surface area contributed by atoms with Gasteiger partial charge < -0.3 is 13.9 Å². The Kier molecular flexibility index (Phi) is 5.52. The summed E-state index contributed by atoms with van der Waals surface area (Å²) in [6.45, 7) is 2.51. The molecule has 0 radical (unpaired) electrons. The van der Waals surface area contributed by atoms with Crippen molar-refractivity contribution in [2.45, 2.75) is 26.3 Å². The number of halogens is 1. The molecule has 0 unspecified atom stereocenters. The Bertz CT molecular complexity index is 934. The van der Waals surface area contributed by atoms with Crippen molar-refractivity contribution >= 4 is 28.9 Å². The lowest BCUT2D eigenvalue weighted by Crippen LogP contribution is -2.07. The lowest BCUT2D eigenvalue weighted by molar-refractivity contribution is -0.136. The fourth-order valence-electron chi connectivity index (χ4n) is 3.20. The number of nitrogens with zero attached hydrogens (tertiary/aromatic N) is 1. The normalized spacial score (nSPS) is 11.0. The molecule has 0 aliphatic carbocycles. The smallest absolute Gasteiger partial charge is 0.303 e. The molecule has 26 heavy (non-hydrogen) atoms. The van der Waals surface area contributed by atoms with Crippen LogP contribution in [0.2, 0.25) is 0 Å². The number of aliphatic carboxylic acids is 1. The van der Waals surface area contributed by atoms with E-state index < -0.39 is 5.97 Å². The molecule has 0 bridgehead atoms. The molecule has 4 nitrogen and oxygen atoms in total. The highest BCUT2D eigenvalue weighted by Crippen LogP contribution is 2.29. The highest BCUT2D eigenvalue weighted by molar-refractivity contribution is 7.94. The molecule has 136 valence electrons. The van der Waals surface area contributed by atoms with Gasteiger partial charge in [0.25, 0.3) is 0 Å². The number of carboxylic acid groups (broad SMARTS) is 1. The molecule has 1 aromatic heterocycles. The molecule has 0 aliphatic rings. The first kappa shape index (κ1) is 18.3. The van der Waals surface area contributed by atoms with E-state index in [0.717, 1.165) is 33.5 Å². The van der Waals surface area contributed by atoms with Gasteiger partial charge in [0.15, 0.2) is 0 Å². The first-order valence-corrected chi connectivity index (χ1v) is 9.43. The molecule has 2 aromatic carbocycles. The van der Waals surface area contributed by atoms with Gasteiger partial charge in [0, 0.05) is 29.4 Å². The van der Waals surface area contributed by atoms with Crippen molar-refractivity contribution in [2.75, 3.05) is 6.26 Å². The van der Waals surface area contributed by atoms with Crippen LogP contribution in [0.15, 0.2) is 42.5 Å². The van der Waals surface area contributed by atoms with Gasteiger partial charge in [-0.2, -0.15) is 0 Å². The Morgan fingerprint density at radius 3 is 2.62 bits per heavy atom. The van der Waals surface area contributed by atoms with E-state index in [0.29, 0.717) is 13.0 Å². The van der Waals surface area contributed by atoms with E-state index in [4.69, 9.17) is 9.29 Å². The minimum Gasteiger partial charge on any atom is -0.481 e. The van der Waals surface area contributed by atoms with E-state index in [1.807, 2.05) is 37.4 Å². The third kappa shape index (κ3) is 3.85. The molecule has 0 aliphatic heterocycles. The Morgan fingerprint density at radius 1 is 1.23 bits per heavy atom. The van der Waals surface area contributed by atoms with Gasteiger partial charge in [0.2, 0.25) is 0 Å². The number of benzene rings is 2. The summed E-state index contributed by atoms with van der Waals surface area (Å²) in [4.78, 5) is 11.0. The molecular formula is C20H20FNO3S. The number of carbonyl (C=O) groups is 1. The Hall–Kier alpha value is -2.47. The Labute approximate surface area is 155 Å². The number of aromatic nitrogens is 1. The molecule has 1 heterocycles. The topological polar surface area (TPSA) is 51.5 Å². The Morgan fingerprint density at radius 2 is 1.96 bits per heavy atom. The van der Waals surface area contributed by atoms with Crippen LogP contribution in [-0.4, -0.2) is 21.9 Å². The van der Waals surface area contributed by atoms with E-state index in [1.165, 1.54) is 24.2 Å². The number of rotatable bonds is 7. The molecule has 0 spiro atoms. The predicted molar refractivity (Wildman–Crippen MR) is 102 cm³/mol. The van der Waals surface area contributed by atoms with Crippen molar-refractivity contribution in [3.05, 3.63) is 65.1 Å². The fourth-order valence-corrected chi connectivity index (χ4v) is 3.51. The third-order valence-electron chi connectivity index (χ3n) is 4.43. The molecule has 1 N–H and O–H groups in total. The quantitative estimate of drug-likeness (QED) is 0.604. The zero-order valence-corrected chi connectivity index (χ0v) is 15.5. The van der Waals surface area contributed by atoms with Crippen molar-refractivity contribution in [1.82, 2.24) is 4.57 Å². The van der Waals surface area contributed by atoms with E-state index in [1.54, 1.807) is 6.07 Å². The molecule has 0 fully saturated rings. The van der Waals surface area contributed by atoms with Gasteiger partial charge in [0.1, 0.15) is 11.6 Å². The van der Waals surface area contributed by atoms with Gasteiger partial charge in [-0.1, -0.05) is 12.1 Å². The lowest BCUT2D eigenvalue weighted by Gasteiger charge is -2.12. The summed E-state index contributed by atoms with van der Waals surface area (Å²) >= 11 is 1.29. The second kappa shape index (κ2) is 7.83. The highest BCUT2D eigenvalue weighted by Gasteiger charge is 2.16. The zero-order chi connectivity index (χ0) is 18.7. The van der Waals surface area contributed by atoms with Crippen molar-refractivity contribution in [3.8, 4) is 5.75 Å². The van der Waals surface area contributed by atoms with E-state index >= 15 is 0 Å². The van der Waals surface area contributed by atoms with Crippen molar-refractivity contribution in [3.63, 3.8) is 0 Å². The van der Waals surface area contributed by atoms with Crippen LogP contribution < -0.4 is 4.18 Å². The van der Waals surface area contributed by atoms with E-state index in [9.17, 15) is 9.18 Å². The minimum absolute atomic E-state index is 0.0418. The fraction of sp³-hybridized carbons (Fsp3) is 0.250. The van der Waals surface area contributed by atoms with Crippen molar-refractivity contribution in [1.29, 1.82) is 0 Å². The summed E-state index contributed by atoms with van der Waals surface area (Å²) in [5.74, 6) is -0.352. The lowest BCUT2D eigenvalue weighted by atomic mass is 10.1. The molecule has 0 atom stereocenters. The number of carboxylic acids is 1. The summed E-state index contributed by atoms with van der Waals surface area (Å²) in [6, 6.07) is 12.5. The van der Waals surface area contributed by atoms with Crippen LogP contribution in [0.25, 0.3) is 10.9 Å². The molecule has 0 saturated heterocycles. The maximum atomic E-state index is 13.7. The largest absolute Gasteiger partial charge is 0.481 e. The van der Waals surface area contributed by atoms with Gasteiger partial charge in [0.05, 0.1) is 18.5 Å². The molecule has 0 amide bonds. The third-order valence-corrected chi connectivity index (χ3v) is 4.79. The summed E-state index contributed by atoms with van der Waals surface area (Å²) in [7, 11) is 0. The number of hydrogen-bond acceptors (Lipinski definition) is 3. The molecular weight excluding hydrogens is 353 g/mol. The van der Waals surface area contributed by atoms with Gasteiger partial charge >= 0.3 is 5.97 Å². The predicted octanol–water partition coefficient (Wildman–Crippen LogP) is 4.81. The van der Waals surface area contributed by atoms with Crippen LogP contribution >= 0.6 is 12.0 Å². The summed E-state index contributed by atoms with van der Waals surface area (Å²) in [5.41, 5.74) is 3.84. The average Bonchev–Trinajstić information content (AvgIpc) is 2.86. The van der Waals surface area contributed by atoms with Crippen LogP contribution in [0.1, 0.15) is 23.2 Å². The van der Waals surface area contributed by atoms with E-state index in [2.05, 4.69) is 4.57 Å². The van der Waals surface area contributed by atoms with Gasteiger partial charge in [-0.15, -0.1) is 0 Å². The van der Waals surface area contributed by atoms with Gasteiger partial charge in [-0.05, 0) is 54.8 Å². The van der Waals surface area contributed by atoms with Crippen molar-refractivity contribution in [2.24, 2.45) is 0 Å². The molecule has 3 aromatic rings. The average molecular weight is 373 g/mol. The first-order chi connectivity index (χ1) is 12.5. The standard InChI is InChI=1S/C20H20FNO3S/c1-13-17-11-15(21)5-8-19(17)22(18(13)9-10-20(23)24)12-14-3-6-16(7-4-14)25-26-2/h3-8,11H,9-10,12H2,1-2H3,(H,23,24). The van der Waals surface area contributed by atoms with Gasteiger partial charge in [-0.25, -0.2) is 4.39 Å². The maximum Gasteiger partial charge on any atom is 0.303 e. The van der Waals surface area contributed by atoms with Gasteiger partial charge in [-0.3, -0.25) is 4.79 Å².